The topological polar surface area (TPSA) is 73.8 Å². The van der Waals surface area contributed by atoms with Crippen LogP contribution in [0.2, 0.25) is 0 Å². The Labute approximate surface area is 189 Å². The number of carbonyl (C=O) groups excluding carboxylic acids is 3. The first-order valence-corrected chi connectivity index (χ1v) is 11.2. The number of imide groups is 1. The highest BCUT2D eigenvalue weighted by Crippen LogP contribution is 2.40. The SMILES string of the molecule is C[C@@H]1CN(C(=O)C[C@]2(c3ccccc3)CC(=O)N(CCc3ccccn3)C2=O)CCN1C. The summed E-state index contributed by atoms with van der Waals surface area (Å²) in [7, 11) is 2.05. The van der Waals surface area contributed by atoms with Gasteiger partial charge in [-0.25, -0.2) is 0 Å². The predicted molar refractivity (Wildman–Crippen MR) is 121 cm³/mol. The van der Waals surface area contributed by atoms with E-state index in [9.17, 15) is 14.4 Å². The molecule has 0 saturated carbocycles. The summed E-state index contributed by atoms with van der Waals surface area (Å²) in [6.07, 6.45) is 2.23. The molecule has 2 aliphatic rings. The fraction of sp³-hybridized carbons (Fsp3) is 0.440. The second kappa shape index (κ2) is 9.20. The lowest BCUT2D eigenvalue weighted by atomic mass is 9.75. The Bertz CT molecular complexity index is 981. The highest BCUT2D eigenvalue weighted by atomic mass is 16.2. The fourth-order valence-corrected chi connectivity index (χ4v) is 4.67. The molecular formula is C25H30N4O3. The Kier molecular flexibility index (Phi) is 6.37. The molecule has 0 radical (unpaired) electrons. The first kappa shape index (κ1) is 22.1. The first-order chi connectivity index (χ1) is 15.4. The maximum atomic E-state index is 13.7. The van der Waals surface area contributed by atoms with E-state index in [1.807, 2.05) is 53.4 Å². The minimum atomic E-state index is -1.15. The lowest BCUT2D eigenvalue weighted by Crippen LogP contribution is -2.53. The van der Waals surface area contributed by atoms with Crippen LogP contribution in [-0.2, 0) is 26.2 Å². The molecule has 32 heavy (non-hydrogen) atoms. The molecule has 0 aliphatic carbocycles. The van der Waals surface area contributed by atoms with E-state index in [0.29, 0.717) is 19.5 Å². The maximum absolute atomic E-state index is 13.7. The predicted octanol–water partition coefficient (Wildman–Crippen LogP) is 1.87. The van der Waals surface area contributed by atoms with Gasteiger partial charge in [0.1, 0.15) is 0 Å². The molecule has 0 N–H and O–H groups in total. The lowest BCUT2D eigenvalue weighted by molar-refractivity contribution is -0.143. The smallest absolute Gasteiger partial charge is 0.240 e. The summed E-state index contributed by atoms with van der Waals surface area (Å²) in [5.41, 5.74) is 0.411. The zero-order valence-corrected chi connectivity index (χ0v) is 18.7. The van der Waals surface area contributed by atoms with Crippen molar-refractivity contribution >= 4 is 17.7 Å². The number of pyridine rings is 1. The monoisotopic (exact) mass is 434 g/mol. The van der Waals surface area contributed by atoms with E-state index in [1.165, 1.54) is 4.90 Å². The molecule has 168 valence electrons. The number of rotatable bonds is 6. The summed E-state index contributed by atoms with van der Waals surface area (Å²) < 4.78 is 0. The summed E-state index contributed by atoms with van der Waals surface area (Å²) in [6.45, 7) is 4.43. The van der Waals surface area contributed by atoms with E-state index in [4.69, 9.17) is 0 Å². The molecule has 2 aliphatic heterocycles. The Balaban J connectivity index is 1.57. The Morgan fingerprint density at radius 2 is 1.84 bits per heavy atom. The molecule has 2 fully saturated rings. The van der Waals surface area contributed by atoms with Gasteiger partial charge in [-0.2, -0.15) is 0 Å². The van der Waals surface area contributed by atoms with Gasteiger partial charge in [-0.3, -0.25) is 24.3 Å². The van der Waals surface area contributed by atoms with Crippen molar-refractivity contribution in [3.63, 3.8) is 0 Å². The van der Waals surface area contributed by atoms with Crippen LogP contribution in [0, 0.1) is 0 Å². The molecule has 1 aromatic carbocycles. The number of carbonyl (C=O) groups is 3. The van der Waals surface area contributed by atoms with Gasteiger partial charge in [0.2, 0.25) is 17.7 Å². The van der Waals surface area contributed by atoms with Crippen molar-refractivity contribution in [2.75, 3.05) is 33.2 Å². The summed E-state index contributed by atoms with van der Waals surface area (Å²) in [5, 5.41) is 0. The van der Waals surface area contributed by atoms with E-state index < -0.39 is 5.41 Å². The van der Waals surface area contributed by atoms with Crippen LogP contribution in [0.4, 0.5) is 0 Å². The van der Waals surface area contributed by atoms with Gasteiger partial charge in [-0.05, 0) is 31.7 Å². The van der Waals surface area contributed by atoms with Gasteiger partial charge in [0, 0.05) is 63.4 Å². The Morgan fingerprint density at radius 3 is 2.53 bits per heavy atom. The third kappa shape index (κ3) is 4.30. The average molecular weight is 435 g/mol. The molecule has 2 saturated heterocycles. The number of benzene rings is 1. The van der Waals surface area contributed by atoms with Crippen molar-refractivity contribution in [1.82, 2.24) is 19.7 Å². The Hall–Kier alpha value is -3.06. The van der Waals surface area contributed by atoms with Gasteiger partial charge in [0.05, 0.1) is 5.41 Å². The molecule has 3 heterocycles. The highest BCUT2D eigenvalue weighted by Gasteiger charge is 2.54. The largest absolute Gasteiger partial charge is 0.340 e. The third-order valence-electron chi connectivity index (χ3n) is 6.82. The molecule has 2 aromatic rings. The van der Waals surface area contributed by atoms with Gasteiger partial charge >= 0.3 is 0 Å². The van der Waals surface area contributed by atoms with Crippen molar-refractivity contribution in [1.29, 1.82) is 0 Å². The number of nitrogens with zero attached hydrogens (tertiary/aromatic N) is 4. The van der Waals surface area contributed by atoms with Crippen molar-refractivity contribution in [3.8, 4) is 0 Å². The number of amides is 3. The van der Waals surface area contributed by atoms with Crippen LogP contribution >= 0.6 is 0 Å². The molecule has 0 bridgehead atoms. The van der Waals surface area contributed by atoms with Gasteiger partial charge in [0.25, 0.3) is 0 Å². The normalized spacial score (nSPS) is 24.2. The van der Waals surface area contributed by atoms with Crippen molar-refractivity contribution in [2.24, 2.45) is 0 Å². The van der Waals surface area contributed by atoms with E-state index in [0.717, 1.165) is 17.8 Å². The lowest BCUT2D eigenvalue weighted by Gasteiger charge is -2.39. The molecule has 0 unspecified atom stereocenters. The summed E-state index contributed by atoms with van der Waals surface area (Å²) in [5.74, 6) is -0.573. The molecule has 7 nitrogen and oxygen atoms in total. The molecular weight excluding hydrogens is 404 g/mol. The van der Waals surface area contributed by atoms with Crippen molar-refractivity contribution in [2.45, 2.75) is 37.6 Å². The molecule has 7 heteroatoms. The summed E-state index contributed by atoms with van der Waals surface area (Å²) >= 11 is 0. The second-order valence-electron chi connectivity index (χ2n) is 8.89. The molecule has 3 amide bonds. The van der Waals surface area contributed by atoms with Crippen LogP contribution in [-0.4, -0.2) is 76.7 Å². The van der Waals surface area contributed by atoms with Crippen LogP contribution in [0.5, 0.6) is 0 Å². The number of hydrogen-bond acceptors (Lipinski definition) is 5. The second-order valence-corrected chi connectivity index (χ2v) is 8.89. The molecule has 0 spiro atoms. The van der Waals surface area contributed by atoms with Crippen molar-refractivity contribution in [3.05, 3.63) is 66.0 Å². The zero-order valence-electron chi connectivity index (χ0n) is 18.7. The average Bonchev–Trinajstić information content (AvgIpc) is 3.05. The maximum Gasteiger partial charge on any atom is 0.240 e. The van der Waals surface area contributed by atoms with Gasteiger partial charge in [-0.15, -0.1) is 0 Å². The van der Waals surface area contributed by atoms with Crippen LogP contribution in [0.1, 0.15) is 31.0 Å². The summed E-state index contributed by atoms with van der Waals surface area (Å²) in [4.78, 5) is 49.7. The standard InChI is InChI=1S/C25H30N4O3/c1-19-18-28(15-14-27(19)2)22(30)16-25(20-8-4-3-5-9-20)17-23(31)29(24(25)32)13-11-21-10-6-7-12-26-21/h3-10,12,19H,11,13-18H2,1-2H3/t19-,25-/m1/s1. The van der Waals surface area contributed by atoms with Crippen LogP contribution in [0.15, 0.2) is 54.7 Å². The zero-order chi connectivity index (χ0) is 22.7. The molecule has 4 rings (SSSR count). The minimum Gasteiger partial charge on any atom is -0.340 e. The third-order valence-corrected chi connectivity index (χ3v) is 6.82. The fourth-order valence-electron chi connectivity index (χ4n) is 4.67. The minimum absolute atomic E-state index is 0.0120. The number of likely N-dealkylation sites (tertiary alicyclic amines) is 1. The number of piperazine rings is 1. The molecule has 1 aromatic heterocycles. The summed E-state index contributed by atoms with van der Waals surface area (Å²) in [6, 6.07) is 15.2. The van der Waals surface area contributed by atoms with E-state index in [2.05, 4.69) is 23.9 Å². The van der Waals surface area contributed by atoms with Crippen LogP contribution < -0.4 is 0 Å². The van der Waals surface area contributed by atoms with Gasteiger partial charge in [-0.1, -0.05) is 36.4 Å². The Morgan fingerprint density at radius 1 is 1.09 bits per heavy atom. The van der Waals surface area contributed by atoms with Crippen LogP contribution in [0.3, 0.4) is 0 Å². The van der Waals surface area contributed by atoms with E-state index in [-0.39, 0.29) is 43.1 Å². The van der Waals surface area contributed by atoms with Crippen molar-refractivity contribution < 1.29 is 14.4 Å². The quantitative estimate of drug-likeness (QED) is 0.649. The number of likely N-dealkylation sites (N-methyl/N-ethyl adjacent to an activating group) is 1. The van der Waals surface area contributed by atoms with Gasteiger partial charge < -0.3 is 9.80 Å². The number of hydrogen-bond donors (Lipinski definition) is 0. The van der Waals surface area contributed by atoms with Gasteiger partial charge in [0.15, 0.2) is 0 Å². The van der Waals surface area contributed by atoms with Crippen LogP contribution in [0.25, 0.3) is 0 Å². The van der Waals surface area contributed by atoms with E-state index >= 15 is 0 Å². The molecule has 2 atom stereocenters. The highest BCUT2D eigenvalue weighted by molar-refractivity contribution is 6.10. The van der Waals surface area contributed by atoms with E-state index in [1.54, 1.807) is 6.20 Å². The number of aromatic nitrogens is 1. The first-order valence-electron chi connectivity index (χ1n) is 11.2.